The molecule has 1 aromatic carbocycles. The zero-order chi connectivity index (χ0) is 21.3. The van der Waals surface area contributed by atoms with Crippen LogP contribution in [0.3, 0.4) is 0 Å². The van der Waals surface area contributed by atoms with Crippen LogP contribution in [-0.2, 0) is 14.3 Å². The zero-order valence-electron chi connectivity index (χ0n) is 17.0. The topological polar surface area (TPSA) is 100 Å². The van der Waals surface area contributed by atoms with E-state index in [9.17, 15) is 19.1 Å². The Bertz CT molecular complexity index is 714. The lowest BCUT2D eigenvalue weighted by atomic mass is 9.96. The molecule has 2 heterocycles. The van der Waals surface area contributed by atoms with Gasteiger partial charge in [-0.1, -0.05) is 12.1 Å². The van der Waals surface area contributed by atoms with Gasteiger partial charge in [-0.05, 0) is 31.4 Å². The van der Waals surface area contributed by atoms with Gasteiger partial charge >= 0.3 is 0 Å². The molecular formula is C21H30FN3O5. The fourth-order valence-corrected chi connectivity index (χ4v) is 3.79. The SMILES string of the molecule is O=C(CN1CCOCC1)NCC[C@H]1CC[C@H](NC(=O)c2ccccc2F)[C@@H](CO)O1. The van der Waals surface area contributed by atoms with E-state index in [1.54, 1.807) is 6.07 Å². The Morgan fingerprint density at radius 1 is 1.20 bits per heavy atom. The summed E-state index contributed by atoms with van der Waals surface area (Å²) < 4.78 is 25.0. The van der Waals surface area contributed by atoms with Gasteiger partial charge in [0.2, 0.25) is 5.91 Å². The van der Waals surface area contributed by atoms with Crippen molar-refractivity contribution in [3.8, 4) is 0 Å². The molecule has 0 aromatic heterocycles. The molecule has 2 saturated heterocycles. The van der Waals surface area contributed by atoms with Gasteiger partial charge in [0.25, 0.3) is 5.91 Å². The first-order valence-corrected chi connectivity index (χ1v) is 10.5. The molecule has 0 saturated carbocycles. The second kappa shape index (κ2) is 11.4. The lowest BCUT2D eigenvalue weighted by molar-refractivity contribution is -0.123. The second-order valence-corrected chi connectivity index (χ2v) is 7.64. The van der Waals surface area contributed by atoms with Crippen molar-refractivity contribution in [3.63, 3.8) is 0 Å². The quantitative estimate of drug-likeness (QED) is 0.556. The van der Waals surface area contributed by atoms with Crippen LogP contribution in [0.1, 0.15) is 29.6 Å². The number of halogens is 1. The summed E-state index contributed by atoms with van der Waals surface area (Å²) in [5.41, 5.74) is -0.0284. The average molecular weight is 423 g/mol. The Morgan fingerprint density at radius 2 is 1.97 bits per heavy atom. The number of rotatable bonds is 8. The highest BCUT2D eigenvalue weighted by atomic mass is 19.1. The van der Waals surface area contributed by atoms with Gasteiger partial charge in [0.1, 0.15) is 11.9 Å². The van der Waals surface area contributed by atoms with E-state index in [-0.39, 0.29) is 24.2 Å². The molecule has 0 spiro atoms. The van der Waals surface area contributed by atoms with Crippen molar-refractivity contribution in [1.82, 2.24) is 15.5 Å². The Labute approximate surface area is 175 Å². The van der Waals surface area contributed by atoms with E-state index in [1.165, 1.54) is 18.2 Å². The molecule has 8 nitrogen and oxygen atoms in total. The van der Waals surface area contributed by atoms with Crippen LogP contribution in [0, 0.1) is 5.82 Å². The normalized spacial score (nSPS) is 24.9. The van der Waals surface area contributed by atoms with Crippen molar-refractivity contribution in [2.45, 2.75) is 37.5 Å². The molecule has 0 aliphatic carbocycles. The van der Waals surface area contributed by atoms with Crippen LogP contribution in [0.2, 0.25) is 0 Å². The molecule has 2 aliphatic heterocycles. The van der Waals surface area contributed by atoms with Gasteiger partial charge in [-0.3, -0.25) is 14.5 Å². The highest BCUT2D eigenvalue weighted by Gasteiger charge is 2.32. The monoisotopic (exact) mass is 423 g/mol. The van der Waals surface area contributed by atoms with Crippen molar-refractivity contribution < 1.29 is 28.6 Å². The molecule has 0 unspecified atom stereocenters. The molecule has 30 heavy (non-hydrogen) atoms. The smallest absolute Gasteiger partial charge is 0.254 e. The van der Waals surface area contributed by atoms with E-state index in [1.807, 2.05) is 0 Å². The third kappa shape index (κ3) is 6.46. The van der Waals surface area contributed by atoms with Gasteiger partial charge in [-0.25, -0.2) is 4.39 Å². The van der Waals surface area contributed by atoms with E-state index in [0.717, 1.165) is 13.1 Å². The molecule has 0 bridgehead atoms. The summed E-state index contributed by atoms with van der Waals surface area (Å²) in [6.07, 6.45) is 1.23. The van der Waals surface area contributed by atoms with Gasteiger partial charge < -0.3 is 25.2 Å². The number of hydrogen-bond donors (Lipinski definition) is 3. The number of benzene rings is 1. The first kappa shape index (κ1) is 22.6. The number of carbonyl (C=O) groups excluding carboxylic acids is 2. The van der Waals surface area contributed by atoms with Gasteiger partial charge in [0.05, 0.1) is 44.1 Å². The van der Waals surface area contributed by atoms with Crippen molar-refractivity contribution in [3.05, 3.63) is 35.6 Å². The summed E-state index contributed by atoms with van der Waals surface area (Å²) in [6.45, 7) is 3.42. The van der Waals surface area contributed by atoms with Crippen molar-refractivity contribution in [2.24, 2.45) is 0 Å². The minimum absolute atomic E-state index is 0.0264. The number of carbonyl (C=O) groups is 2. The number of amides is 2. The fraction of sp³-hybridized carbons (Fsp3) is 0.619. The second-order valence-electron chi connectivity index (χ2n) is 7.64. The number of hydrogen-bond acceptors (Lipinski definition) is 6. The number of morpholine rings is 1. The first-order chi connectivity index (χ1) is 14.6. The molecule has 2 amide bonds. The zero-order valence-corrected chi connectivity index (χ0v) is 17.0. The minimum Gasteiger partial charge on any atom is -0.394 e. The van der Waals surface area contributed by atoms with Crippen LogP contribution in [0.5, 0.6) is 0 Å². The fourth-order valence-electron chi connectivity index (χ4n) is 3.79. The van der Waals surface area contributed by atoms with Gasteiger partial charge in [-0.2, -0.15) is 0 Å². The maximum absolute atomic E-state index is 13.8. The lowest BCUT2D eigenvalue weighted by Crippen LogP contribution is -2.51. The van der Waals surface area contributed by atoms with E-state index in [4.69, 9.17) is 9.47 Å². The molecule has 2 fully saturated rings. The molecule has 166 valence electrons. The van der Waals surface area contributed by atoms with Crippen LogP contribution in [-0.4, -0.2) is 86.1 Å². The standard InChI is InChI=1S/C21H30FN3O5/c22-17-4-2-1-3-16(17)21(28)24-18-6-5-15(30-19(18)14-26)7-8-23-20(27)13-25-9-11-29-12-10-25/h1-4,15,18-19,26H,5-14H2,(H,23,27)(H,24,28)/t15-,18+,19-/m1/s1. The Kier molecular flexibility index (Phi) is 8.56. The average Bonchev–Trinajstić information content (AvgIpc) is 2.75. The maximum atomic E-state index is 13.8. The molecular weight excluding hydrogens is 393 g/mol. The van der Waals surface area contributed by atoms with Crippen LogP contribution in [0.25, 0.3) is 0 Å². The molecule has 3 rings (SSSR count). The molecule has 0 radical (unpaired) electrons. The Morgan fingerprint density at radius 3 is 2.70 bits per heavy atom. The summed E-state index contributed by atoms with van der Waals surface area (Å²) in [5.74, 6) is -1.13. The van der Waals surface area contributed by atoms with Crippen molar-refractivity contribution in [2.75, 3.05) is 46.0 Å². The number of aliphatic hydroxyl groups excluding tert-OH is 1. The van der Waals surface area contributed by atoms with Gasteiger partial charge in [0.15, 0.2) is 0 Å². The van der Waals surface area contributed by atoms with E-state index >= 15 is 0 Å². The highest BCUT2D eigenvalue weighted by Crippen LogP contribution is 2.22. The molecule has 3 atom stereocenters. The lowest BCUT2D eigenvalue weighted by Gasteiger charge is -2.36. The molecule has 2 aliphatic rings. The number of ether oxygens (including phenoxy) is 2. The summed E-state index contributed by atoms with van der Waals surface area (Å²) >= 11 is 0. The summed E-state index contributed by atoms with van der Waals surface area (Å²) in [6, 6.07) is 5.39. The third-order valence-corrected chi connectivity index (χ3v) is 5.49. The predicted octanol–water partition coefficient (Wildman–Crippen LogP) is 0.303. The molecule has 9 heteroatoms. The molecule has 1 aromatic rings. The first-order valence-electron chi connectivity index (χ1n) is 10.5. The summed E-state index contributed by atoms with van der Waals surface area (Å²) in [5, 5.41) is 15.4. The maximum Gasteiger partial charge on any atom is 0.254 e. The van der Waals surface area contributed by atoms with Gasteiger partial charge in [0, 0.05) is 19.6 Å². The predicted molar refractivity (Wildman–Crippen MR) is 108 cm³/mol. The number of aliphatic hydroxyl groups is 1. The van der Waals surface area contributed by atoms with E-state index < -0.39 is 23.9 Å². The third-order valence-electron chi connectivity index (χ3n) is 5.49. The van der Waals surface area contributed by atoms with E-state index in [2.05, 4.69) is 15.5 Å². The van der Waals surface area contributed by atoms with Crippen LogP contribution in [0.4, 0.5) is 4.39 Å². The van der Waals surface area contributed by atoms with E-state index in [0.29, 0.717) is 45.6 Å². The summed E-state index contributed by atoms with van der Waals surface area (Å²) in [4.78, 5) is 26.5. The van der Waals surface area contributed by atoms with Crippen LogP contribution >= 0.6 is 0 Å². The molecule has 3 N–H and O–H groups in total. The largest absolute Gasteiger partial charge is 0.394 e. The number of nitrogens with one attached hydrogen (secondary N) is 2. The highest BCUT2D eigenvalue weighted by molar-refractivity contribution is 5.94. The number of nitrogens with zero attached hydrogens (tertiary/aromatic N) is 1. The van der Waals surface area contributed by atoms with Crippen molar-refractivity contribution >= 4 is 11.8 Å². The Hall–Kier alpha value is -2.07. The van der Waals surface area contributed by atoms with Crippen LogP contribution in [0.15, 0.2) is 24.3 Å². The summed E-state index contributed by atoms with van der Waals surface area (Å²) in [7, 11) is 0. The van der Waals surface area contributed by atoms with Gasteiger partial charge in [-0.15, -0.1) is 0 Å². The Balaban J connectivity index is 1.40. The minimum atomic E-state index is -0.585. The van der Waals surface area contributed by atoms with Crippen molar-refractivity contribution in [1.29, 1.82) is 0 Å². The van der Waals surface area contributed by atoms with Crippen LogP contribution < -0.4 is 10.6 Å².